The fraction of sp³-hybridized carbons (Fsp3) is 0.293. The molecule has 1 fully saturated rings. The third-order valence-corrected chi connectivity index (χ3v) is 9.21. The molecule has 0 unspecified atom stereocenters. The van der Waals surface area contributed by atoms with E-state index in [0.29, 0.717) is 35.5 Å². The Labute approximate surface area is 307 Å². The van der Waals surface area contributed by atoms with Gasteiger partial charge in [0.25, 0.3) is 0 Å². The smallest absolute Gasteiger partial charge is 0.411 e. The van der Waals surface area contributed by atoms with E-state index in [-0.39, 0.29) is 48.4 Å². The summed E-state index contributed by atoms with van der Waals surface area (Å²) in [5.74, 6) is 0.453. The number of phenols is 1. The van der Waals surface area contributed by atoms with Gasteiger partial charge in [-0.2, -0.15) is 0 Å². The molecule has 1 saturated heterocycles. The second-order valence-electron chi connectivity index (χ2n) is 13.1. The van der Waals surface area contributed by atoms with Crippen LogP contribution in [0.4, 0.5) is 10.5 Å². The number of ketones is 1. The van der Waals surface area contributed by atoms with Gasteiger partial charge < -0.3 is 40.2 Å². The van der Waals surface area contributed by atoms with Gasteiger partial charge in [0, 0.05) is 56.3 Å². The number of nitrogens with one attached hydrogen (secondary N) is 4. The number of aliphatic hydroxyl groups is 1. The van der Waals surface area contributed by atoms with E-state index in [4.69, 9.17) is 9.47 Å². The topological polar surface area (TPSA) is 165 Å². The molecular formula is C41H45N5O7. The number of H-pyrrole nitrogens is 1. The van der Waals surface area contributed by atoms with Crippen molar-refractivity contribution in [2.45, 2.75) is 31.6 Å². The first kappa shape index (κ1) is 37.2. The quantitative estimate of drug-likeness (QED) is 0.0767. The molecule has 4 aromatic carbocycles. The molecule has 0 radical (unpaired) electrons. The van der Waals surface area contributed by atoms with E-state index in [9.17, 15) is 24.6 Å². The zero-order valence-electron chi connectivity index (χ0n) is 29.4. The summed E-state index contributed by atoms with van der Waals surface area (Å²) in [4.78, 5) is 41.8. The number of hydrogen-bond acceptors (Lipinski definition) is 10. The van der Waals surface area contributed by atoms with Crippen molar-refractivity contribution in [2.75, 3.05) is 51.2 Å². The molecule has 1 aromatic heterocycles. The number of rotatable bonds is 16. The largest absolute Gasteiger partial charge is 0.506 e. The van der Waals surface area contributed by atoms with Gasteiger partial charge in [-0.05, 0) is 59.9 Å². The summed E-state index contributed by atoms with van der Waals surface area (Å²) in [5.41, 5.74) is 4.13. The Hall–Kier alpha value is -5.53. The van der Waals surface area contributed by atoms with Gasteiger partial charge in [0.2, 0.25) is 5.56 Å². The maximum absolute atomic E-state index is 12.7. The number of phenolic OH excluding ortho intramolecular Hbond substituents is 1. The van der Waals surface area contributed by atoms with Gasteiger partial charge in [0.05, 0.1) is 23.9 Å². The highest BCUT2D eigenvalue weighted by atomic mass is 16.6. The maximum Gasteiger partial charge on any atom is 0.411 e. The Morgan fingerprint density at radius 3 is 2.53 bits per heavy atom. The van der Waals surface area contributed by atoms with Crippen molar-refractivity contribution >= 4 is 28.5 Å². The zero-order valence-corrected chi connectivity index (χ0v) is 29.4. The maximum atomic E-state index is 12.7. The molecular weight excluding hydrogens is 674 g/mol. The molecule has 1 aliphatic heterocycles. The van der Waals surface area contributed by atoms with Crippen LogP contribution in [0.15, 0.2) is 108 Å². The van der Waals surface area contributed by atoms with Crippen LogP contribution in [0.3, 0.4) is 0 Å². The molecule has 12 nitrogen and oxygen atoms in total. The Bertz CT molecular complexity index is 2050. The van der Waals surface area contributed by atoms with E-state index in [0.717, 1.165) is 49.2 Å². The minimum atomic E-state index is -0.873. The number of piperidine rings is 1. The summed E-state index contributed by atoms with van der Waals surface area (Å²) >= 11 is 0. The second-order valence-corrected chi connectivity index (χ2v) is 13.1. The molecule has 1 aliphatic rings. The van der Waals surface area contributed by atoms with Crippen LogP contribution in [0, 0.1) is 0 Å². The van der Waals surface area contributed by atoms with Gasteiger partial charge in [0.15, 0.2) is 5.78 Å². The number of fused-ring (bicyclic) bond motifs is 1. The first-order valence-electron chi connectivity index (χ1n) is 17.8. The molecule has 0 saturated carbocycles. The van der Waals surface area contributed by atoms with Crippen molar-refractivity contribution in [3.63, 3.8) is 0 Å². The van der Waals surface area contributed by atoms with Gasteiger partial charge in [-0.3, -0.25) is 14.9 Å². The highest BCUT2D eigenvalue weighted by Gasteiger charge is 2.23. The Balaban J connectivity index is 0.845. The lowest BCUT2D eigenvalue weighted by Crippen LogP contribution is -2.42. The second kappa shape index (κ2) is 18.3. The molecule has 276 valence electrons. The van der Waals surface area contributed by atoms with Crippen molar-refractivity contribution in [1.29, 1.82) is 0 Å². The Kier molecular flexibility index (Phi) is 12.9. The molecule has 2 heterocycles. The van der Waals surface area contributed by atoms with Crippen molar-refractivity contribution < 1.29 is 29.3 Å². The summed E-state index contributed by atoms with van der Waals surface area (Å²) in [6, 6.07) is 31.0. The minimum absolute atomic E-state index is 0.0563. The predicted molar refractivity (Wildman–Crippen MR) is 204 cm³/mol. The van der Waals surface area contributed by atoms with Gasteiger partial charge in [-0.1, -0.05) is 66.7 Å². The van der Waals surface area contributed by atoms with Gasteiger partial charge >= 0.3 is 6.09 Å². The number of pyridine rings is 1. The van der Waals surface area contributed by atoms with Gasteiger partial charge in [-0.25, -0.2) is 4.79 Å². The van der Waals surface area contributed by atoms with E-state index in [1.807, 2.05) is 72.8 Å². The number of Topliss-reactive ketones (excluding diaryl/α,β-unsaturated/α-hetero) is 1. The number of ether oxygens (including phenoxy) is 2. The summed E-state index contributed by atoms with van der Waals surface area (Å²) in [6.07, 6.45) is 0.0164. The fourth-order valence-corrected chi connectivity index (χ4v) is 6.44. The van der Waals surface area contributed by atoms with Crippen LogP contribution in [0.2, 0.25) is 0 Å². The summed E-state index contributed by atoms with van der Waals surface area (Å²) < 4.78 is 11.5. The van der Waals surface area contributed by atoms with Crippen LogP contribution >= 0.6 is 0 Å². The van der Waals surface area contributed by atoms with Gasteiger partial charge in [0.1, 0.15) is 24.2 Å². The van der Waals surface area contributed by atoms with E-state index >= 15 is 0 Å². The summed E-state index contributed by atoms with van der Waals surface area (Å²) in [5, 5.41) is 30.8. The molecule has 6 N–H and O–H groups in total. The average molecular weight is 720 g/mol. The first-order chi connectivity index (χ1) is 25.8. The number of anilines is 1. The van der Waals surface area contributed by atoms with E-state index < -0.39 is 12.2 Å². The lowest BCUT2D eigenvalue weighted by molar-refractivity contribution is -0.120. The number of nitrogens with zero attached hydrogens (tertiary/aromatic N) is 1. The molecule has 1 atom stereocenters. The molecule has 0 bridgehead atoms. The number of aromatic nitrogens is 1. The number of para-hydroxylation sites is 1. The number of aliphatic hydroxyl groups excluding tert-OH is 1. The highest BCUT2D eigenvalue weighted by Crippen LogP contribution is 2.29. The third kappa shape index (κ3) is 10.5. The Morgan fingerprint density at radius 1 is 0.906 bits per heavy atom. The van der Waals surface area contributed by atoms with E-state index in [2.05, 4.69) is 25.8 Å². The van der Waals surface area contributed by atoms with Crippen LogP contribution in [0.25, 0.3) is 22.0 Å². The number of carbonyl (C=O) groups is 2. The average Bonchev–Trinajstić information content (AvgIpc) is 3.17. The lowest BCUT2D eigenvalue weighted by Gasteiger charge is -2.31. The number of hydrogen-bond donors (Lipinski definition) is 6. The number of benzene rings is 4. The minimum Gasteiger partial charge on any atom is -0.506 e. The highest BCUT2D eigenvalue weighted by molar-refractivity contribution is 5.91. The number of likely N-dealkylation sites (tertiary alicyclic amines) is 1. The lowest BCUT2D eigenvalue weighted by atomic mass is 10.0. The number of carbonyl (C=O) groups excluding carboxylic acids is 2. The molecule has 0 aliphatic carbocycles. The predicted octanol–water partition coefficient (Wildman–Crippen LogP) is 4.97. The SMILES string of the molecule is O=C(CNCCN1CCC(OC(=O)Nc2ccccc2-c2ccccc2)CC1)COc1cccc(CNC[C@H](O)c2ccc(O)c3[nH]c(=O)ccc23)c1. The number of amides is 1. The van der Waals surface area contributed by atoms with Crippen LogP contribution in [0.5, 0.6) is 11.5 Å². The van der Waals surface area contributed by atoms with Crippen LogP contribution in [0.1, 0.15) is 30.1 Å². The number of aromatic hydroxyl groups is 1. The third-order valence-electron chi connectivity index (χ3n) is 9.21. The van der Waals surface area contributed by atoms with Crippen molar-refractivity contribution in [2.24, 2.45) is 0 Å². The standard InChI is InChI=1S/C41H45N5O7/c47-30(27-52-32-10-6-7-28(23-32)24-43-26-38(49)34-13-15-37(48)40-35(34)14-16-39(50)45-40)25-42-19-22-46-20-17-31(18-21-46)53-41(51)44-36-12-5-4-11-33(36)29-8-2-1-3-9-29/h1-16,23,31,38,42-43,48-49H,17-22,24-27H2,(H,44,51)(H,45,50)/t38-/m0/s1. The molecule has 6 rings (SSSR count). The molecule has 12 heteroatoms. The van der Waals surface area contributed by atoms with E-state index in [1.54, 1.807) is 18.2 Å². The van der Waals surface area contributed by atoms with Crippen molar-refractivity contribution in [3.05, 3.63) is 125 Å². The van der Waals surface area contributed by atoms with Gasteiger partial charge in [-0.15, -0.1) is 0 Å². The number of aromatic amines is 1. The normalized spacial score (nSPS) is 14.1. The first-order valence-corrected chi connectivity index (χ1v) is 17.8. The van der Waals surface area contributed by atoms with Crippen LogP contribution in [-0.4, -0.2) is 84.0 Å². The Morgan fingerprint density at radius 2 is 1.70 bits per heavy atom. The molecule has 53 heavy (non-hydrogen) atoms. The zero-order chi connectivity index (χ0) is 37.0. The van der Waals surface area contributed by atoms with Crippen LogP contribution < -0.4 is 26.2 Å². The fourth-order valence-electron chi connectivity index (χ4n) is 6.44. The molecule has 0 spiro atoms. The molecule has 1 amide bonds. The monoisotopic (exact) mass is 719 g/mol. The molecule has 5 aromatic rings. The van der Waals surface area contributed by atoms with Crippen molar-refractivity contribution in [3.8, 4) is 22.6 Å². The van der Waals surface area contributed by atoms with Crippen molar-refractivity contribution in [1.82, 2.24) is 20.5 Å². The summed E-state index contributed by atoms with van der Waals surface area (Å²) in [7, 11) is 0. The van der Waals surface area contributed by atoms with E-state index in [1.165, 1.54) is 12.1 Å². The van der Waals surface area contributed by atoms with Crippen LogP contribution in [-0.2, 0) is 16.1 Å². The summed E-state index contributed by atoms with van der Waals surface area (Å²) in [6.45, 7) is 3.87.